The van der Waals surface area contributed by atoms with Crippen LogP contribution in [0, 0.1) is 0 Å². The van der Waals surface area contributed by atoms with Crippen molar-refractivity contribution >= 4 is 5.95 Å². The maximum absolute atomic E-state index is 5.45. The first-order valence-electron chi connectivity index (χ1n) is 4.97. The summed E-state index contributed by atoms with van der Waals surface area (Å²) in [5.41, 5.74) is 8.95. The molecule has 0 bridgehead atoms. The molecule has 0 amide bonds. The van der Waals surface area contributed by atoms with Crippen molar-refractivity contribution in [1.29, 1.82) is 0 Å². The van der Waals surface area contributed by atoms with E-state index in [2.05, 4.69) is 29.0 Å². The molecule has 0 saturated heterocycles. The van der Waals surface area contributed by atoms with Crippen LogP contribution in [0.25, 0.3) is 11.1 Å². The van der Waals surface area contributed by atoms with Crippen LogP contribution in [0.3, 0.4) is 0 Å². The number of nitrogens with zero attached hydrogens (tertiary/aromatic N) is 2. The molecular formula is C12H13N3. The number of aryl methyl sites for hydroxylation is 1. The zero-order valence-corrected chi connectivity index (χ0v) is 8.64. The lowest BCUT2D eigenvalue weighted by molar-refractivity contribution is 1.13. The van der Waals surface area contributed by atoms with E-state index in [0.717, 1.165) is 12.0 Å². The van der Waals surface area contributed by atoms with E-state index in [1.54, 1.807) is 12.4 Å². The Morgan fingerprint density at radius 1 is 1.13 bits per heavy atom. The van der Waals surface area contributed by atoms with Crippen LogP contribution in [0.1, 0.15) is 12.5 Å². The van der Waals surface area contributed by atoms with Gasteiger partial charge in [0.05, 0.1) is 0 Å². The van der Waals surface area contributed by atoms with E-state index < -0.39 is 0 Å². The van der Waals surface area contributed by atoms with Crippen LogP contribution >= 0.6 is 0 Å². The molecule has 15 heavy (non-hydrogen) atoms. The average molecular weight is 199 g/mol. The number of hydrogen-bond acceptors (Lipinski definition) is 3. The summed E-state index contributed by atoms with van der Waals surface area (Å²) < 4.78 is 0. The third-order valence-corrected chi connectivity index (χ3v) is 2.38. The molecule has 0 spiro atoms. The summed E-state index contributed by atoms with van der Waals surface area (Å²) in [6.45, 7) is 2.14. The first-order valence-corrected chi connectivity index (χ1v) is 4.97. The molecule has 2 aromatic rings. The molecule has 1 aromatic carbocycles. The lowest BCUT2D eigenvalue weighted by Crippen LogP contribution is -1.95. The molecule has 1 heterocycles. The Bertz CT molecular complexity index is 449. The summed E-state index contributed by atoms with van der Waals surface area (Å²) in [7, 11) is 0. The van der Waals surface area contributed by atoms with Gasteiger partial charge in [-0.2, -0.15) is 0 Å². The molecule has 3 nitrogen and oxygen atoms in total. The van der Waals surface area contributed by atoms with Gasteiger partial charge in [0.25, 0.3) is 0 Å². The van der Waals surface area contributed by atoms with Gasteiger partial charge < -0.3 is 5.73 Å². The normalized spacial score (nSPS) is 10.2. The fourth-order valence-corrected chi connectivity index (χ4v) is 1.59. The van der Waals surface area contributed by atoms with Crippen molar-refractivity contribution in [3.05, 3.63) is 42.2 Å². The van der Waals surface area contributed by atoms with Crippen LogP contribution in [0.5, 0.6) is 0 Å². The molecule has 0 radical (unpaired) electrons. The van der Waals surface area contributed by atoms with Crippen LogP contribution in [0.15, 0.2) is 36.7 Å². The minimum Gasteiger partial charge on any atom is -0.368 e. The second-order valence-electron chi connectivity index (χ2n) is 3.34. The van der Waals surface area contributed by atoms with Gasteiger partial charge in [-0.25, -0.2) is 9.97 Å². The van der Waals surface area contributed by atoms with Crippen LogP contribution in [-0.4, -0.2) is 9.97 Å². The Labute approximate surface area is 89.0 Å². The molecule has 0 saturated carbocycles. The molecule has 0 unspecified atom stereocenters. The number of aromatic nitrogens is 2. The molecule has 2 rings (SSSR count). The van der Waals surface area contributed by atoms with Crippen molar-refractivity contribution in [2.75, 3.05) is 5.73 Å². The molecule has 0 aliphatic rings. The highest BCUT2D eigenvalue weighted by Gasteiger charge is 2.03. The van der Waals surface area contributed by atoms with Gasteiger partial charge in [0.1, 0.15) is 0 Å². The van der Waals surface area contributed by atoms with Crippen molar-refractivity contribution in [2.45, 2.75) is 13.3 Å². The van der Waals surface area contributed by atoms with E-state index in [1.165, 1.54) is 11.1 Å². The summed E-state index contributed by atoms with van der Waals surface area (Å²) in [5, 5.41) is 0. The van der Waals surface area contributed by atoms with E-state index in [-0.39, 0.29) is 0 Å². The Morgan fingerprint density at radius 2 is 1.80 bits per heavy atom. The zero-order chi connectivity index (χ0) is 10.7. The Hall–Kier alpha value is -1.90. The molecular weight excluding hydrogens is 186 g/mol. The maximum atomic E-state index is 5.45. The van der Waals surface area contributed by atoms with Gasteiger partial charge in [-0.15, -0.1) is 0 Å². The summed E-state index contributed by atoms with van der Waals surface area (Å²) in [6, 6.07) is 8.25. The third kappa shape index (κ3) is 1.96. The average Bonchev–Trinajstić information content (AvgIpc) is 2.30. The number of anilines is 1. The maximum Gasteiger partial charge on any atom is 0.219 e. The number of rotatable bonds is 2. The lowest BCUT2D eigenvalue weighted by Gasteiger charge is -2.06. The quantitative estimate of drug-likeness (QED) is 0.807. The molecule has 0 fully saturated rings. The van der Waals surface area contributed by atoms with Crippen molar-refractivity contribution in [1.82, 2.24) is 9.97 Å². The second-order valence-corrected chi connectivity index (χ2v) is 3.34. The van der Waals surface area contributed by atoms with Crippen molar-refractivity contribution in [2.24, 2.45) is 0 Å². The monoisotopic (exact) mass is 199 g/mol. The molecule has 0 aliphatic carbocycles. The molecule has 3 heteroatoms. The fourth-order valence-electron chi connectivity index (χ4n) is 1.59. The Morgan fingerprint density at radius 3 is 2.47 bits per heavy atom. The summed E-state index contributed by atoms with van der Waals surface area (Å²) in [4.78, 5) is 8.00. The number of nitrogens with two attached hydrogens (primary N) is 1. The SMILES string of the molecule is CCc1ccccc1-c1cnc(N)nc1. The van der Waals surface area contributed by atoms with E-state index in [4.69, 9.17) is 5.73 Å². The fraction of sp³-hybridized carbons (Fsp3) is 0.167. The van der Waals surface area contributed by atoms with Crippen LogP contribution in [-0.2, 0) is 6.42 Å². The first kappa shape index (κ1) is 9.65. The number of hydrogen-bond donors (Lipinski definition) is 1. The van der Waals surface area contributed by atoms with Crippen LogP contribution in [0.2, 0.25) is 0 Å². The molecule has 1 aromatic heterocycles. The lowest BCUT2D eigenvalue weighted by atomic mass is 10.0. The summed E-state index contributed by atoms with van der Waals surface area (Å²) in [6.07, 6.45) is 4.52. The molecule has 0 atom stereocenters. The number of nitrogen functional groups attached to an aromatic ring is 1. The van der Waals surface area contributed by atoms with E-state index in [0.29, 0.717) is 5.95 Å². The predicted octanol–water partition coefficient (Wildman–Crippen LogP) is 2.29. The highest BCUT2D eigenvalue weighted by Crippen LogP contribution is 2.22. The Kier molecular flexibility index (Phi) is 2.63. The highest BCUT2D eigenvalue weighted by atomic mass is 15.0. The predicted molar refractivity (Wildman–Crippen MR) is 61.3 cm³/mol. The van der Waals surface area contributed by atoms with Gasteiger partial charge in [-0.05, 0) is 17.5 Å². The summed E-state index contributed by atoms with van der Waals surface area (Å²) >= 11 is 0. The van der Waals surface area contributed by atoms with E-state index >= 15 is 0 Å². The van der Waals surface area contributed by atoms with Gasteiger partial charge in [0, 0.05) is 18.0 Å². The van der Waals surface area contributed by atoms with E-state index in [1.807, 2.05) is 12.1 Å². The van der Waals surface area contributed by atoms with Crippen LogP contribution in [0.4, 0.5) is 5.95 Å². The highest BCUT2D eigenvalue weighted by molar-refractivity contribution is 5.66. The summed E-state index contributed by atoms with van der Waals surface area (Å²) in [5.74, 6) is 0.313. The first-order chi connectivity index (χ1) is 7.31. The van der Waals surface area contributed by atoms with Crippen molar-refractivity contribution < 1.29 is 0 Å². The van der Waals surface area contributed by atoms with Crippen molar-refractivity contribution in [3.63, 3.8) is 0 Å². The standard InChI is InChI=1S/C12H13N3/c1-2-9-5-3-4-6-11(9)10-7-14-12(13)15-8-10/h3-8H,2H2,1H3,(H2,13,14,15). The molecule has 2 N–H and O–H groups in total. The minimum absolute atomic E-state index is 0.313. The van der Waals surface area contributed by atoms with E-state index in [9.17, 15) is 0 Å². The molecule has 0 aliphatic heterocycles. The van der Waals surface area contributed by atoms with Gasteiger partial charge in [-0.3, -0.25) is 0 Å². The number of benzene rings is 1. The second kappa shape index (κ2) is 4.09. The molecule has 76 valence electrons. The third-order valence-electron chi connectivity index (χ3n) is 2.38. The Balaban J connectivity index is 2.49. The minimum atomic E-state index is 0.313. The van der Waals surface area contributed by atoms with Gasteiger partial charge in [-0.1, -0.05) is 31.2 Å². The van der Waals surface area contributed by atoms with Gasteiger partial charge in [0.2, 0.25) is 5.95 Å². The van der Waals surface area contributed by atoms with Crippen molar-refractivity contribution in [3.8, 4) is 11.1 Å². The topological polar surface area (TPSA) is 51.8 Å². The largest absolute Gasteiger partial charge is 0.368 e. The van der Waals surface area contributed by atoms with Crippen LogP contribution < -0.4 is 5.73 Å². The smallest absolute Gasteiger partial charge is 0.219 e. The van der Waals surface area contributed by atoms with Gasteiger partial charge >= 0.3 is 0 Å². The van der Waals surface area contributed by atoms with Gasteiger partial charge in [0.15, 0.2) is 0 Å². The zero-order valence-electron chi connectivity index (χ0n) is 8.64.